The Bertz CT molecular complexity index is 416. The molecule has 1 fully saturated rings. The molecule has 0 saturated heterocycles. The van der Waals surface area contributed by atoms with Crippen molar-refractivity contribution in [2.45, 2.75) is 65.8 Å². The SMILES string of the molecule is Cc1ccc(CCC(C)(C)CCNC2CC2)cc1C. The minimum absolute atomic E-state index is 0.445. The molecule has 1 nitrogen and oxygen atoms in total. The van der Waals surface area contributed by atoms with Gasteiger partial charge >= 0.3 is 0 Å². The van der Waals surface area contributed by atoms with E-state index in [9.17, 15) is 0 Å². The van der Waals surface area contributed by atoms with Gasteiger partial charge in [-0.2, -0.15) is 0 Å². The Morgan fingerprint density at radius 2 is 1.84 bits per heavy atom. The van der Waals surface area contributed by atoms with Gasteiger partial charge in [-0.15, -0.1) is 0 Å². The molecule has 0 heterocycles. The van der Waals surface area contributed by atoms with Crippen molar-refractivity contribution in [1.29, 1.82) is 0 Å². The van der Waals surface area contributed by atoms with Crippen LogP contribution in [0.3, 0.4) is 0 Å². The zero-order valence-electron chi connectivity index (χ0n) is 13.1. The lowest BCUT2D eigenvalue weighted by molar-refractivity contribution is 0.302. The molecule has 0 unspecified atom stereocenters. The van der Waals surface area contributed by atoms with Crippen LogP contribution in [0.15, 0.2) is 18.2 Å². The highest BCUT2D eigenvalue weighted by Gasteiger charge is 2.22. The molecule has 0 aliphatic heterocycles. The van der Waals surface area contributed by atoms with Crippen LogP contribution in [0.25, 0.3) is 0 Å². The summed E-state index contributed by atoms with van der Waals surface area (Å²) in [6, 6.07) is 7.75. The van der Waals surface area contributed by atoms with Crippen molar-refractivity contribution in [3.8, 4) is 0 Å². The van der Waals surface area contributed by atoms with E-state index in [1.54, 1.807) is 0 Å². The first kappa shape index (κ1) is 14.6. The summed E-state index contributed by atoms with van der Waals surface area (Å²) in [7, 11) is 0. The molecular formula is C18H29N. The molecule has 0 atom stereocenters. The summed E-state index contributed by atoms with van der Waals surface area (Å²) < 4.78 is 0. The van der Waals surface area contributed by atoms with Crippen LogP contribution in [0.4, 0.5) is 0 Å². The van der Waals surface area contributed by atoms with E-state index in [0.717, 1.165) is 6.04 Å². The van der Waals surface area contributed by atoms with Crippen LogP contribution in [0.2, 0.25) is 0 Å². The number of hydrogen-bond acceptors (Lipinski definition) is 1. The lowest BCUT2D eigenvalue weighted by Crippen LogP contribution is -2.24. The second-order valence-corrected chi connectivity index (χ2v) is 7.06. The quantitative estimate of drug-likeness (QED) is 0.765. The number of benzene rings is 1. The third-order valence-electron chi connectivity index (χ3n) is 4.47. The van der Waals surface area contributed by atoms with E-state index in [2.05, 4.69) is 51.2 Å². The second-order valence-electron chi connectivity index (χ2n) is 7.06. The number of nitrogens with one attached hydrogen (secondary N) is 1. The van der Waals surface area contributed by atoms with Crippen LogP contribution >= 0.6 is 0 Å². The van der Waals surface area contributed by atoms with Gasteiger partial charge in [0.15, 0.2) is 0 Å². The normalized spacial score (nSPS) is 15.8. The van der Waals surface area contributed by atoms with E-state index in [1.165, 1.54) is 55.3 Å². The molecule has 0 amide bonds. The fourth-order valence-electron chi connectivity index (χ4n) is 2.47. The fraction of sp³-hybridized carbons (Fsp3) is 0.667. The fourth-order valence-corrected chi connectivity index (χ4v) is 2.47. The maximum atomic E-state index is 3.63. The summed E-state index contributed by atoms with van der Waals surface area (Å²) in [4.78, 5) is 0. The highest BCUT2D eigenvalue weighted by Crippen LogP contribution is 2.28. The minimum Gasteiger partial charge on any atom is -0.314 e. The Hall–Kier alpha value is -0.820. The summed E-state index contributed by atoms with van der Waals surface area (Å²) in [6.45, 7) is 10.4. The van der Waals surface area contributed by atoms with Crippen molar-refractivity contribution in [1.82, 2.24) is 5.32 Å². The van der Waals surface area contributed by atoms with Crippen molar-refractivity contribution in [3.05, 3.63) is 34.9 Å². The zero-order valence-corrected chi connectivity index (χ0v) is 13.1. The van der Waals surface area contributed by atoms with Gasteiger partial charge in [0.1, 0.15) is 0 Å². The lowest BCUT2D eigenvalue weighted by atomic mass is 9.83. The van der Waals surface area contributed by atoms with Gasteiger partial charge in [0.2, 0.25) is 0 Å². The van der Waals surface area contributed by atoms with Crippen LogP contribution in [0.1, 0.15) is 56.2 Å². The molecule has 2 rings (SSSR count). The summed E-state index contributed by atoms with van der Waals surface area (Å²) in [5.74, 6) is 0. The van der Waals surface area contributed by atoms with E-state index >= 15 is 0 Å². The molecule has 0 spiro atoms. The van der Waals surface area contributed by atoms with Crippen LogP contribution in [-0.2, 0) is 6.42 Å². The van der Waals surface area contributed by atoms with Crippen molar-refractivity contribution in [2.75, 3.05) is 6.54 Å². The standard InChI is InChI=1S/C18H29N/c1-14-5-6-16(13-15(14)2)9-10-18(3,4)11-12-19-17-7-8-17/h5-6,13,17,19H,7-12H2,1-4H3. The van der Waals surface area contributed by atoms with Crippen molar-refractivity contribution < 1.29 is 0 Å². The second kappa shape index (κ2) is 6.09. The summed E-state index contributed by atoms with van der Waals surface area (Å²) in [5.41, 5.74) is 4.76. The van der Waals surface area contributed by atoms with E-state index in [1.807, 2.05) is 0 Å². The average molecular weight is 259 g/mol. The van der Waals surface area contributed by atoms with Crippen LogP contribution < -0.4 is 5.32 Å². The van der Waals surface area contributed by atoms with E-state index in [4.69, 9.17) is 0 Å². The predicted molar refractivity (Wildman–Crippen MR) is 83.7 cm³/mol. The molecule has 1 aliphatic rings. The number of rotatable bonds is 7. The molecule has 19 heavy (non-hydrogen) atoms. The van der Waals surface area contributed by atoms with Crippen molar-refractivity contribution in [3.63, 3.8) is 0 Å². The Morgan fingerprint density at radius 3 is 2.47 bits per heavy atom. The van der Waals surface area contributed by atoms with Crippen molar-refractivity contribution >= 4 is 0 Å². The molecular weight excluding hydrogens is 230 g/mol. The molecule has 106 valence electrons. The smallest absolute Gasteiger partial charge is 0.00682 e. The van der Waals surface area contributed by atoms with E-state index < -0.39 is 0 Å². The monoisotopic (exact) mass is 259 g/mol. The van der Waals surface area contributed by atoms with Gasteiger partial charge in [-0.05, 0) is 74.6 Å². The maximum absolute atomic E-state index is 3.63. The highest BCUT2D eigenvalue weighted by atomic mass is 14.9. The average Bonchev–Trinajstić information content (AvgIpc) is 3.15. The predicted octanol–water partition coefficient (Wildman–Crippen LogP) is 4.40. The molecule has 1 N–H and O–H groups in total. The molecule has 1 aromatic carbocycles. The van der Waals surface area contributed by atoms with Gasteiger partial charge in [0, 0.05) is 6.04 Å². The molecule has 1 aromatic rings. The van der Waals surface area contributed by atoms with Gasteiger partial charge in [-0.3, -0.25) is 0 Å². The maximum Gasteiger partial charge on any atom is 0.00682 e. The van der Waals surface area contributed by atoms with Crippen LogP contribution in [0.5, 0.6) is 0 Å². The molecule has 0 bridgehead atoms. The minimum atomic E-state index is 0.445. The first-order valence-electron chi connectivity index (χ1n) is 7.76. The lowest BCUT2D eigenvalue weighted by Gasteiger charge is -2.25. The van der Waals surface area contributed by atoms with E-state index in [-0.39, 0.29) is 0 Å². The summed E-state index contributed by atoms with van der Waals surface area (Å²) in [6.07, 6.45) is 6.56. The van der Waals surface area contributed by atoms with E-state index in [0.29, 0.717) is 5.41 Å². The Labute approximate surface area is 118 Å². The van der Waals surface area contributed by atoms with Gasteiger partial charge in [-0.25, -0.2) is 0 Å². The highest BCUT2D eigenvalue weighted by molar-refractivity contribution is 5.29. The number of aryl methyl sites for hydroxylation is 3. The first-order valence-corrected chi connectivity index (χ1v) is 7.76. The largest absolute Gasteiger partial charge is 0.314 e. The van der Waals surface area contributed by atoms with Gasteiger partial charge in [0.05, 0.1) is 0 Å². The molecule has 1 aliphatic carbocycles. The molecule has 1 heteroatoms. The number of hydrogen-bond donors (Lipinski definition) is 1. The Kier molecular flexibility index (Phi) is 4.67. The zero-order chi connectivity index (χ0) is 13.9. The van der Waals surface area contributed by atoms with Gasteiger partial charge in [-0.1, -0.05) is 32.0 Å². The topological polar surface area (TPSA) is 12.0 Å². The van der Waals surface area contributed by atoms with Gasteiger partial charge in [0.25, 0.3) is 0 Å². The third-order valence-corrected chi connectivity index (χ3v) is 4.47. The molecule has 1 saturated carbocycles. The first-order chi connectivity index (χ1) is 8.96. The van der Waals surface area contributed by atoms with Gasteiger partial charge < -0.3 is 5.32 Å². The summed E-state index contributed by atoms with van der Waals surface area (Å²) >= 11 is 0. The molecule has 0 radical (unpaired) electrons. The van der Waals surface area contributed by atoms with Crippen LogP contribution in [-0.4, -0.2) is 12.6 Å². The Morgan fingerprint density at radius 1 is 1.11 bits per heavy atom. The molecule has 0 aromatic heterocycles. The van der Waals surface area contributed by atoms with Crippen LogP contribution in [0, 0.1) is 19.3 Å². The third kappa shape index (κ3) is 4.99. The summed E-state index contributed by atoms with van der Waals surface area (Å²) in [5, 5.41) is 3.63. The van der Waals surface area contributed by atoms with Crippen molar-refractivity contribution in [2.24, 2.45) is 5.41 Å². The Balaban J connectivity index is 1.76.